The van der Waals surface area contributed by atoms with E-state index in [0.29, 0.717) is 43.6 Å². The van der Waals surface area contributed by atoms with E-state index in [-0.39, 0.29) is 24.3 Å². The fourth-order valence-electron chi connectivity index (χ4n) is 5.63. The van der Waals surface area contributed by atoms with Gasteiger partial charge in [-0.2, -0.15) is 0 Å². The minimum atomic E-state index is -3.54. The van der Waals surface area contributed by atoms with Gasteiger partial charge in [-0.3, -0.25) is 13.9 Å². The minimum Gasteiger partial charge on any atom is -0.391 e. The van der Waals surface area contributed by atoms with Crippen LogP contribution in [0.2, 0.25) is 0 Å². The zero-order valence-corrected chi connectivity index (χ0v) is 27.9. The van der Waals surface area contributed by atoms with Crippen molar-refractivity contribution in [3.63, 3.8) is 0 Å². The Hall–Kier alpha value is -2.95. The average Bonchev–Trinajstić information content (AvgIpc) is 2.96. The molecule has 2 amide bonds. The van der Waals surface area contributed by atoms with Gasteiger partial charge in [-0.1, -0.05) is 58.4 Å². The molecule has 3 rings (SSSR count). The molecule has 9 nitrogen and oxygen atoms in total. The molecule has 2 aromatic rings. The van der Waals surface area contributed by atoms with Crippen molar-refractivity contribution in [2.75, 3.05) is 30.2 Å². The third-order valence-corrected chi connectivity index (χ3v) is 9.06. The number of nitrogens with zero attached hydrogens (tertiary/aromatic N) is 1. The molecule has 44 heavy (non-hydrogen) atoms. The van der Waals surface area contributed by atoms with Crippen molar-refractivity contribution < 1.29 is 23.1 Å². The van der Waals surface area contributed by atoms with Crippen molar-refractivity contribution in [1.29, 1.82) is 0 Å². The molecule has 0 aliphatic carbocycles. The number of rotatable bonds is 13. The number of carbonyl (C=O) groups excluding carboxylic acids is 2. The van der Waals surface area contributed by atoms with Gasteiger partial charge in [0.15, 0.2) is 0 Å². The van der Waals surface area contributed by atoms with E-state index in [1.807, 2.05) is 52.0 Å². The normalized spacial score (nSPS) is 17.3. The number of hydrogen-bond donors (Lipinski definition) is 4. The zero-order chi connectivity index (χ0) is 32.3. The summed E-state index contributed by atoms with van der Waals surface area (Å²) in [7, 11) is -3.54. The van der Waals surface area contributed by atoms with Crippen LogP contribution in [0.5, 0.6) is 0 Å². The van der Waals surface area contributed by atoms with Crippen molar-refractivity contribution in [3.8, 4) is 0 Å². The quantitative estimate of drug-likeness (QED) is 0.266. The molecule has 1 aliphatic heterocycles. The summed E-state index contributed by atoms with van der Waals surface area (Å²) in [4.78, 5) is 26.9. The SMILES string of the molecule is CCC[C@H](O)[C@H](NC[C@@H]1Cc2cccc(c2)CCCCc2cc(cc(N(CCC)S(C)(=O)=O)c2)C(=O)N1)C(=O)NCC(C)C. The summed E-state index contributed by atoms with van der Waals surface area (Å²) in [6.07, 6.45) is 6.20. The molecule has 0 unspecified atom stereocenters. The molecule has 0 fully saturated rings. The lowest BCUT2D eigenvalue weighted by Gasteiger charge is -2.27. The Morgan fingerprint density at radius 2 is 1.75 bits per heavy atom. The van der Waals surface area contributed by atoms with E-state index in [4.69, 9.17) is 0 Å². The minimum absolute atomic E-state index is 0.258. The first-order valence-electron chi connectivity index (χ1n) is 16.1. The largest absolute Gasteiger partial charge is 0.391 e. The second-order valence-corrected chi connectivity index (χ2v) is 14.4. The lowest BCUT2D eigenvalue weighted by atomic mass is 9.97. The number of benzene rings is 2. The number of amides is 2. The molecule has 0 aromatic heterocycles. The highest BCUT2D eigenvalue weighted by molar-refractivity contribution is 7.92. The molecule has 4 bridgehead atoms. The first-order valence-corrected chi connectivity index (χ1v) is 18.0. The summed E-state index contributed by atoms with van der Waals surface area (Å²) in [6, 6.07) is 12.5. The molecule has 244 valence electrons. The molecule has 1 aliphatic rings. The van der Waals surface area contributed by atoms with Crippen molar-refractivity contribution in [2.24, 2.45) is 5.92 Å². The maximum absolute atomic E-state index is 13.8. The Kier molecular flexibility index (Phi) is 13.7. The van der Waals surface area contributed by atoms with Crippen LogP contribution in [-0.4, -0.2) is 69.4 Å². The topological polar surface area (TPSA) is 128 Å². The molecular formula is C34H52N4O5S. The number of carbonyl (C=O) groups is 2. The van der Waals surface area contributed by atoms with E-state index in [1.54, 1.807) is 6.07 Å². The summed E-state index contributed by atoms with van der Waals surface area (Å²) in [5, 5.41) is 20.2. The van der Waals surface area contributed by atoms with Crippen molar-refractivity contribution in [2.45, 2.75) is 97.2 Å². The fraction of sp³-hybridized carbons (Fsp3) is 0.588. The van der Waals surface area contributed by atoms with Crippen LogP contribution in [0.4, 0.5) is 5.69 Å². The predicted octanol–water partition coefficient (Wildman–Crippen LogP) is 3.97. The Labute approximate surface area is 264 Å². The predicted molar refractivity (Wildman–Crippen MR) is 178 cm³/mol. The number of fused-ring (bicyclic) bond motifs is 4. The van der Waals surface area contributed by atoms with Gasteiger partial charge in [0.2, 0.25) is 15.9 Å². The van der Waals surface area contributed by atoms with E-state index in [2.05, 4.69) is 28.1 Å². The van der Waals surface area contributed by atoms with Crippen molar-refractivity contribution in [3.05, 3.63) is 64.7 Å². The number of sulfonamides is 1. The second-order valence-electron chi connectivity index (χ2n) is 12.5. The monoisotopic (exact) mass is 628 g/mol. The van der Waals surface area contributed by atoms with Crippen LogP contribution in [0, 0.1) is 5.92 Å². The first kappa shape index (κ1) is 35.5. The van der Waals surface area contributed by atoms with Gasteiger partial charge in [0.25, 0.3) is 5.91 Å². The molecule has 2 aromatic carbocycles. The highest BCUT2D eigenvalue weighted by Gasteiger charge is 2.28. The van der Waals surface area contributed by atoms with Crippen LogP contribution in [0.1, 0.15) is 86.8 Å². The number of aliphatic hydroxyl groups is 1. The number of aliphatic hydroxyl groups excluding tert-OH is 1. The second kappa shape index (κ2) is 16.9. The fourth-order valence-corrected chi connectivity index (χ4v) is 6.63. The van der Waals surface area contributed by atoms with E-state index >= 15 is 0 Å². The van der Waals surface area contributed by atoms with Gasteiger partial charge < -0.3 is 21.1 Å². The number of aryl methyl sites for hydroxylation is 2. The van der Waals surface area contributed by atoms with Crippen LogP contribution in [0.25, 0.3) is 0 Å². The van der Waals surface area contributed by atoms with E-state index in [9.17, 15) is 23.1 Å². The molecule has 10 heteroatoms. The van der Waals surface area contributed by atoms with Gasteiger partial charge in [0.05, 0.1) is 18.0 Å². The van der Waals surface area contributed by atoms with Crippen molar-refractivity contribution >= 4 is 27.5 Å². The van der Waals surface area contributed by atoms with Gasteiger partial charge in [-0.25, -0.2) is 8.42 Å². The Bertz CT molecular complexity index is 1350. The molecule has 1 heterocycles. The first-order chi connectivity index (χ1) is 20.9. The van der Waals surface area contributed by atoms with Crippen LogP contribution in [-0.2, 0) is 34.1 Å². The Morgan fingerprint density at radius 1 is 1.05 bits per heavy atom. The van der Waals surface area contributed by atoms with E-state index in [1.165, 1.54) is 16.1 Å². The van der Waals surface area contributed by atoms with Crippen LogP contribution in [0.3, 0.4) is 0 Å². The average molecular weight is 629 g/mol. The van der Waals surface area contributed by atoms with Gasteiger partial charge in [0, 0.05) is 31.2 Å². The maximum Gasteiger partial charge on any atom is 0.251 e. The highest BCUT2D eigenvalue weighted by Crippen LogP contribution is 2.24. The summed E-state index contributed by atoms with van der Waals surface area (Å²) < 4.78 is 26.8. The number of hydrogen-bond acceptors (Lipinski definition) is 6. The zero-order valence-electron chi connectivity index (χ0n) is 27.1. The lowest BCUT2D eigenvalue weighted by Crippen LogP contribution is -2.55. The third kappa shape index (κ3) is 10.9. The third-order valence-electron chi connectivity index (χ3n) is 7.86. The van der Waals surface area contributed by atoms with Gasteiger partial charge in [-0.15, -0.1) is 0 Å². The van der Waals surface area contributed by atoms with Gasteiger partial charge in [0.1, 0.15) is 6.04 Å². The molecule has 0 saturated carbocycles. The van der Waals surface area contributed by atoms with Crippen LogP contribution >= 0.6 is 0 Å². The molecule has 0 spiro atoms. The van der Waals surface area contributed by atoms with Crippen LogP contribution in [0.15, 0.2) is 42.5 Å². The van der Waals surface area contributed by atoms with Gasteiger partial charge >= 0.3 is 0 Å². The van der Waals surface area contributed by atoms with E-state index < -0.39 is 28.2 Å². The summed E-state index contributed by atoms with van der Waals surface area (Å²) in [6.45, 7) is 9.01. The summed E-state index contributed by atoms with van der Waals surface area (Å²) in [5.41, 5.74) is 4.11. The highest BCUT2D eigenvalue weighted by atomic mass is 32.2. The molecule has 0 radical (unpaired) electrons. The summed E-state index contributed by atoms with van der Waals surface area (Å²) in [5.74, 6) is -0.304. The standard InChI is InChI=1S/C34H52N4O5S/c1-6-11-31(39)32(34(41)36-22-24(3)4)35-23-29-19-26-15-10-14-25(17-26)12-8-9-13-27-18-28(33(40)37-29)21-30(20-27)38(16-7-2)44(5,42)43/h10,14-15,17-18,20-21,24,29,31-32,35,39H,6-9,11-13,16,19,22-23H2,1-5H3,(H,36,41)(H,37,40)/t29-,31-,32-/m0/s1. The Morgan fingerprint density at radius 3 is 2.41 bits per heavy atom. The van der Waals surface area contributed by atoms with Crippen molar-refractivity contribution in [1.82, 2.24) is 16.0 Å². The smallest absolute Gasteiger partial charge is 0.251 e. The lowest BCUT2D eigenvalue weighted by molar-refractivity contribution is -0.126. The Balaban J connectivity index is 1.96. The number of anilines is 1. The maximum atomic E-state index is 13.8. The van der Waals surface area contributed by atoms with Crippen LogP contribution < -0.4 is 20.3 Å². The van der Waals surface area contributed by atoms with Gasteiger partial charge in [-0.05, 0) is 85.8 Å². The summed E-state index contributed by atoms with van der Waals surface area (Å²) >= 11 is 0. The van der Waals surface area contributed by atoms with E-state index in [0.717, 1.165) is 43.2 Å². The molecular weight excluding hydrogens is 576 g/mol. The number of nitrogens with one attached hydrogen (secondary N) is 3. The molecule has 3 atom stereocenters. The molecule has 4 N–H and O–H groups in total. The molecule has 0 saturated heterocycles.